The maximum atomic E-state index is 13.7. The second kappa shape index (κ2) is 9.05. The predicted molar refractivity (Wildman–Crippen MR) is 132 cm³/mol. The van der Waals surface area contributed by atoms with Crippen LogP contribution in [0, 0.1) is 0 Å². The van der Waals surface area contributed by atoms with E-state index in [4.69, 9.17) is 12.2 Å². The summed E-state index contributed by atoms with van der Waals surface area (Å²) in [5, 5.41) is 3.41. The number of carbonyl (C=O) groups is 1. The van der Waals surface area contributed by atoms with Crippen LogP contribution in [0.1, 0.15) is 75.5 Å². The smallest absolute Gasteiger partial charge is 0.246 e. The molecule has 0 saturated carbocycles. The molecule has 164 valence electrons. The molecular formula is C25H32N4OS. The van der Waals surface area contributed by atoms with Crippen molar-refractivity contribution in [1.82, 2.24) is 9.88 Å². The Morgan fingerprint density at radius 2 is 1.77 bits per heavy atom. The molecule has 0 spiro atoms. The Kier molecular flexibility index (Phi) is 6.39. The number of nitrogens with one attached hydrogen (secondary N) is 1. The summed E-state index contributed by atoms with van der Waals surface area (Å²) in [6.45, 7) is 11.2. The third-order valence-corrected chi connectivity index (χ3v) is 6.56. The predicted octanol–water partition coefficient (Wildman–Crippen LogP) is 5.58. The van der Waals surface area contributed by atoms with Crippen LogP contribution in [0.3, 0.4) is 0 Å². The van der Waals surface area contributed by atoms with Crippen LogP contribution >= 0.6 is 12.2 Å². The van der Waals surface area contributed by atoms with Gasteiger partial charge in [0.2, 0.25) is 5.91 Å². The van der Waals surface area contributed by atoms with Gasteiger partial charge in [0.1, 0.15) is 10.8 Å². The van der Waals surface area contributed by atoms with Crippen LogP contribution in [-0.4, -0.2) is 40.4 Å². The van der Waals surface area contributed by atoms with Crippen LogP contribution < -0.4 is 10.2 Å². The van der Waals surface area contributed by atoms with Crippen molar-refractivity contribution in [3.63, 3.8) is 0 Å². The normalized spacial score (nSPS) is 16.7. The topological polar surface area (TPSA) is 48.5 Å². The van der Waals surface area contributed by atoms with Crippen molar-refractivity contribution in [1.29, 1.82) is 0 Å². The summed E-state index contributed by atoms with van der Waals surface area (Å²) in [4.78, 5) is 23.0. The standard InChI is InChI=1S/C25H32N4OS/c1-16(2)19-13-21-22(14-20(19)17(3)4)29(23(30)15-28-11-6-5-7-12-28)24-18(25(31)27-21)9-8-10-26-24/h8-10,13-14,16-17H,5-7,11-12,15H2,1-4H3,(H,27,31). The molecule has 1 fully saturated rings. The fourth-order valence-corrected chi connectivity index (χ4v) is 4.86. The van der Waals surface area contributed by atoms with E-state index in [0.29, 0.717) is 29.2 Å². The summed E-state index contributed by atoms with van der Waals surface area (Å²) in [6, 6.07) is 8.16. The lowest BCUT2D eigenvalue weighted by Crippen LogP contribution is -2.41. The second-order valence-electron chi connectivity index (χ2n) is 9.20. The Hall–Kier alpha value is -2.31. The zero-order valence-corrected chi connectivity index (χ0v) is 19.8. The number of aromatic nitrogens is 1. The number of hydrogen-bond donors (Lipinski definition) is 1. The number of fused-ring (bicyclic) bond motifs is 2. The van der Waals surface area contributed by atoms with Crippen molar-refractivity contribution < 1.29 is 4.79 Å². The molecule has 5 nitrogen and oxygen atoms in total. The Labute approximate surface area is 190 Å². The maximum absolute atomic E-state index is 13.7. The fraction of sp³-hybridized carbons (Fsp3) is 0.480. The summed E-state index contributed by atoms with van der Waals surface area (Å²) >= 11 is 5.72. The number of anilines is 3. The van der Waals surface area contributed by atoms with Crippen LogP contribution in [-0.2, 0) is 4.79 Å². The molecule has 1 saturated heterocycles. The Bertz CT molecular complexity index is 995. The number of rotatable bonds is 4. The van der Waals surface area contributed by atoms with Gasteiger partial charge in [-0.3, -0.25) is 14.6 Å². The first kappa shape index (κ1) is 21.9. The highest BCUT2D eigenvalue weighted by molar-refractivity contribution is 7.81. The summed E-state index contributed by atoms with van der Waals surface area (Å²) < 4.78 is 0. The molecule has 1 amide bonds. The minimum atomic E-state index is 0.0432. The number of thiocarbonyl (C=S) groups is 1. The summed E-state index contributed by atoms with van der Waals surface area (Å²) in [5.74, 6) is 1.38. The molecule has 3 heterocycles. The van der Waals surface area contributed by atoms with E-state index in [-0.39, 0.29) is 5.91 Å². The molecule has 0 aliphatic carbocycles. The van der Waals surface area contributed by atoms with E-state index in [1.807, 2.05) is 12.1 Å². The second-order valence-corrected chi connectivity index (χ2v) is 9.61. The Morgan fingerprint density at radius 1 is 1.10 bits per heavy atom. The summed E-state index contributed by atoms with van der Waals surface area (Å²) in [5.41, 5.74) is 5.05. The Balaban J connectivity index is 1.86. The molecule has 31 heavy (non-hydrogen) atoms. The number of carbonyl (C=O) groups excluding carboxylic acids is 1. The molecule has 1 aromatic heterocycles. The van der Waals surface area contributed by atoms with Gasteiger partial charge in [0.05, 0.1) is 23.5 Å². The lowest BCUT2D eigenvalue weighted by Gasteiger charge is -2.30. The quantitative estimate of drug-likeness (QED) is 0.634. The maximum Gasteiger partial charge on any atom is 0.246 e. The fourth-order valence-electron chi connectivity index (χ4n) is 4.59. The zero-order valence-electron chi connectivity index (χ0n) is 18.9. The van der Waals surface area contributed by atoms with E-state index in [1.165, 1.54) is 17.5 Å². The van der Waals surface area contributed by atoms with E-state index in [1.54, 1.807) is 11.1 Å². The molecule has 0 unspecified atom stereocenters. The van der Waals surface area contributed by atoms with Crippen molar-refractivity contribution in [2.45, 2.75) is 58.8 Å². The monoisotopic (exact) mass is 436 g/mol. The van der Waals surface area contributed by atoms with Gasteiger partial charge < -0.3 is 5.32 Å². The SMILES string of the molecule is CC(C)c1cc2c(cc1C(C)C)N(C(=O)CN1CCCCC1)c1ncccc1C(=S)N2. The first-order chi connectivity index (χ1) is 14.9. The summed E-state index contributed by atoms with van der Waals surface area (Å²) in [6.07, 6.45) is 5.29. The molecule has 2 aliphatic rings. The van der Waals surface area contributed by atoms with E-state index < -0.39 is 0 Å². The van der Waals surface area contributed by atoms with Crippen LogP contribution in [0.25, 0.3) is 0 Å². The molecular weight excluding hydrogens is 404 g/mol. The van der Waals surface area contributed by atoms with E-state index in [0.717, 1.165) is 42.9 Å². The van der Waals surface area contributed by atoms with Crippen molar-refractivity contribution in [3.8, 4) is 0 Å². The first-order valence-corrected chi connectivity index (χ1v) is 11.8. The molecule has 1 N–H and O–H groups in total. The van der Waals surface area contributed by atoms with Gasteiger partial charge >= 0.3 is 0 Å². The van der Waals surface area contributed by atoms with Crippen LogP contribution in [0.15, 0.2) is 30.5 Å². The minimum Gasteiger partial charge on any atom is -0.344 e. The molecule has 0 bridgehead atoms. The molecule has 0 radical (unpaired) electrons. The zero-order chi connectivity index (χ0) is 22.1. The third kappa shape index (κ3) is 4.37. The largest absolute Gasteiger partial charge is 0.344 e. The van der Waals surface area contributed by atoms with Gasteiger partial charge in [-0.1, -0.05) is 46.3 Å². The molecule has 2 aliphatic heterocycles. The number of nitrogens with zero attached hydrogens (tertiary/aromatic N) is 3. The molecule has 1 aromatic carbocycles. The van der Waals surface area contributed by atoms with Crippen LogP contribution in [0.2, 0.25) is 0 Å². The van der Waals surface area contributed by atoms with Gasteiger partial charge in [-0.15, -0.1) is 0 Å². The Morgan fingerprint density at radius 3 is 2.45 bits per heavy atom. The van der Waals surface area contributed by atoms with Crippen molar-refractivity contribution >= 4 is 40.3 Å². The molecule has 0 atom stereocenters. The lowest BCUT2D eigenvalue weighted by atomic mass is 9.89. The van der Waals surface area contributed by atoms with Crippen molar-refractivity contribution in [2.75, 3.05) is 29.9 Å². The van der Waals surface area contributed by atoms with Crippen molar-refractivity contribution in [2.24, 2.45) is 0 Å². The molecule has 4 rings (SSSR count). The number of amides is 1. The van der Waals surface area contributed by atoms with Crippen molar-refractivity contribution in [3.05, 3.63) is 47.2 Å². The lowest BCUT2D eigenvalue weighted by molar-refractivity contribution is -0.119. The average molecular weight is 437 g/mol. The highest BCUT2D eigenvalue weighted by Crippen LogP contribution is 2.42. The number of hydrogen-bond acceptors (Lipinski definition) is 4. The number of pyridine rings is 1. The minimum absolute atomic E-state index is 0.0432. The van der Waals surface area contributed by atoms with E-state index in [9.17, 15) is 4.79 Å². The average Bonchev–Trinajstić information content (AvgIpc) is 2.87. The molecule has 2 aromatic rings. The highest BCUT2D eigenvalue weighted by atomic mass is 32.1. The van der Waals surface area contributed by atoms with Gasteiger partial charge in [0.15, 0.2) is 0 Å². The third-order valence-electron chi connectivity index (χ3n) is 6.23. The van der Waals surface area contributed by atoms with Crippen LogP contribution in [0.4, 0.5) is 17.2 Å². The first-order valence-electron chi connectivity index (χ1n) is 11.4. The number of benzene rings is 1. The van der Waals surface area contributed by atoms with E-state index >= 15 is 0 Å². The van der Waals surface area contributed by atoms with Gasteiger partial charge in [0, 0.05) is 6.20 Å². The van der Waals surface area contributed by atoms with E-state index in [2.05, 4.69) is 55.0 Å². The number of piperidine rings is 1. The van der Waals surface area contributed by atoms with Crippen LogP contribution in [0.5, 0.6) is 0 Å². The highest BCUT2D eigenvalue weighted by Gasteiger charge is 2.31. The van der Waals surface area contributed by atoms with Gasteiger partial charge in [0.25, 0.3) is 0 Å². The summed E-state index contributed by atoms with van der Waals surface area (Å²) in [7, 11) is 0. The van der Waals surface area contributed by atoms with Gasteiger partial charge in [-0.05, 0) is 73.2 Å². The molecule has 6 heteroatoms. The number of likely N-dealkylation sites (tertiary alicyclic amines) is 1. The van der Waals surface area contributed by atoms with Gasteiger partial charge in [-0.25, -0.2) is 4.98 Å². The van der Waals surface area contributed by atoms with Gasteiger partial charge in [-0.2, -0.15) is 0 Å².